The molecule has 0 aliphatic heterocycles. The lowest BCUT2D eigenvalue weighted by molar-refractivity contribution is 0.297. The van der Waals surface area contributed by atoms with E-state index in [1.807, 2.05) is 24.3 Å². The fourth-order valence-electron chi connectivity index (χ4n) is 1.87. The van der Waals surface area contributed by atoms with Gasteiger partial charge in [0, 0.05) is 6.61 Å². The Bertz CT molecular complexity index is 538. The molecule has 0 saturated heterocycles. The van der Waals surface area contributed by atoms with Gasteiger partial charge in [0.25, 0.3) is 0 Å². The first-order valence-electron chi connectivity index (χ1n) is 5.78. The van der Waals surface area contributed by atoms with Crippen molar-refractivity contribution in [1.29, 1.82) is 0 Å². The molecule has 0 spiro atoms. The van der Waals surface area contributed by atoms with Crippen LogP contribution in [0, 0.1) is 5.82 Å². The summed E-state index contributed by atoms with van der Waals surface area (Å²) in [6.07, 6.45) is 0.323. The molecule has 2 aromatic rings. The molecule has 0 fully saturated rings. The van der Waals surface area contributed by atoms with E-state index in [2.05, 4.69) is 0 Å². The van der Waals surface area contributed by atoms with Crippen molar-refractivity contribution < 1.29 is 14.2 Å². The molecule has 18 heavy (non-hydrogen) atoms. The lowest BCUT2D eigenvalue weighted by Gasteiger charge is -2.07. The van der Waals surface area contributed by atoms with Gasteiger partial charge in [0.1, 0.15) is 11.6 Å². The van der Waals surface area contributed by atoms with Crippen LogP contribution in [0.2, 0.25) is 0 Å². The Hall–Kier alpha value is -1.87. The smallest absolute Gasteiger partial charge is 0.126 e. The van der Waals surface area contributed by atoms with Crippen LogP contribution in [0.1, 0.15) is 5.56 Å². The van der Waals surface area contributed by atoms with Gasteiger partial charge >= 0.3 is 0 Å². The Balaban J connectivity index is 2.40. The van der Waals surface area contributed by atoms with Crippen molar-refractivity contribution in [3.05, 3.63) is 53.8 Å². The van der Waals surface area contributed by atoms with Crippen LogP contribution in [-0.2, 0) is 6.42 Å². The highest BCUT2D eigenvalue weighted by atomic mass is 19.1. The Morgan fingerprint density at radius 2 is 1.89 bits per heavy atom. The minimum Gasteiger partial charge on any atom is -0.497 e. The van der Waals surface area contributed by atoms with Crippen molar-refractivity contribution in [3.63, 3.8) is 0 Å². The van der Waals surface area contributed by atoms with Gasteiger partial charge in [-0.25, -0.2) is 4.39 Å². The molecule has 2 nitrogen and oxygen atoms in total. The number of aliphatic hydroxyl groups excluding tert-OH is 1. The van der Waals surface area contributed by atoms with Crippen molar-refractivity contribution >= 4 is 0 Å². The maximum absolute atomic E-state index is 13.5. The van der Waals surface area contributed by atoms with Gasteiger partial charge in [-0.15, -0.1) is 0 Å². The van der Waals surface area contributed by atoms with E-state index in [1.54, 1.807) is 19.2 Å². The van der Waals surface area contributed by atoms with Crippen LogP contribution in [0.15, 0.2) is 42.5 Å². The molecule has 0 bridgehead atoms. The Labute approximate surface area is 106 Å². The molecule has 0 aliphatic carbocycles. The minimum absolute atomic E-state index is 0.0571. The van der Waals surface area contributed by atoms with Crippen LogP contribution in [0.5, 0.6) is 5.75 Å². The fraction of sp³-hybridized carbons (Fsp3) is 0.200. The zero-order valence-electron chi connectivity index (χ0n) is 10.2. The highest BCUT2D eigenvalue weighted by Crippen LogP contribution is 2.25. The van der Waals surface area contributed by atoms with E-state index in [0.29, 0.717) is 12.0 Å². The number of halogens is 1. The van der Waals surface area contributed by atoms with E-state index in [9.17, 15) is 4.39 Å². The van der Waals surface area contributed by atoms with Crippen LogP contribution in [0.3, 0.4) is 0 Å². The lowest BCUT2D eigenvalue weighted by Crippen LogP contribution is -1.95. The van der Waals surface area contributed by atoms with E-state index in [0.717, 1.165) is 16.9 Å². The summed E-state index contributed by atoms with van der Waals surface area (Å²) in [4.78, 5) is 0. The summed E-state index contributed by atoms with van der Waals surface area (Å²) in [6.45, 7) is -0.0571. The van der Waals surface area contributed by atoms with Gasteiger partial charge in [0.2, 0.25) is 0 Å². The summed E-state index contributed by atoms with van der Waals surface area (Å²) in [6, 6.07) is 12.5. The summed E-state index contributed by atoms with van der Waals surface area (Å²) in [5, 5.41) is 8.90. The van der Waals surface area contributed by atoms with E-state index in [4.69, 9.17) is 9.84 Å². The molecule has 0 heterocycles. The summed E-state index contributed by atoms with van der Waals surface area (Å²) in [7, 11) is 1.61. The van der Waals surface area contributed by atoms with Crippen molar-refractivity contribution in [1.82, 2.24) is 0 Å². The predicted octanol–water partition coefficient (Wildman–Crippen LogP) is 3.04. The monoisotopic (exact) mass is 246 g/mol. The largest absolute Gasteiger partial charge is 0.497 e. The second-order valence-electron chi connectivity index (χ2n) is 4.01. The second-order valence-corrected chi connectivity index (χ2v) is 4.01. The standard InChI is InChI=1S/C15H15FO2/c1-18-14-4-2-3-11(10-14)12-5-6-15(16)13(9-12)7-8-17/h2-6,9-10,17H,7-8H2,1H3. The van der Waals surface area contributed by atoms with Crippen molar-refractivity contribution in [2.45, 2.75) is 6.42 Å². The molecule has 2 aromatic carbocycles. The van der Waals surface area contributed by atoms with Gasteiger partial charge < -0.3 is 9.84 Å². The third-order valence-electron chi connectivity index (χ3n) is 2.83. The number of methoxy groups -OCH3 is 1. The highest BCUT2D eigenvalue weighted by Gasteiger charge is 2.05. The zero-order valence-corrected chi connectivity index (χ0v) is 10.2. The van der Waals surface area contributed by atoms with Crippen LogP contribution in [0.25, 0.3) is 11.1 Å². The first kappa shape index (κ1) is 12.6. The predicted molar refractivity (Wildman–Crippen MR) is 69.2 cm³/mol. The molecule has 3 heteroatoms. The summed E-state index contributed by atoms with van der Waals surface area (Å²) in [5.74, 6) is 0.483. The molecule has 0 aromatic heterocycles. The number of hydrogen-bond donors (Lipinski definition) is 1. The first-order valence-corrected chi connectivity index (χ1v) is 5.78. The number of benzene rings is 2. The van der Waals surface area contributed by atoms with Crippen molar-refractivity contribution in [2.24, 2.45) is 0 Å². The van der Waals surface area contributed by atoms with Crippen molar-refractivity contribution in [2.75, 3.05) is 13.7 Å². The Morgan fingerprint density at radius 3 is 2.61 bits per heavy atom. The molecule has 0 atom stereocenters. The van der Waals surface area contributed by atoms with Crippen LogP contribution >= 0.6 is 0 Å². The number of ether oxygens (including phenoxy) is 1. The number of rotatable bonds is 4. The minimum atomic E-state index is -0.282. The fourth-order valence-corrected chi connectivity index (χ4v) is 1.87. The molecular weight excluding hydrogens is 231 g/mol. The molecule has 0 aliphatic rings. The average molecular weight is 246 g/mol. The van der Waals surface area contributed by atoms with Gasteiger partial charge in [-0.1, -0.05) is 18.2 Å². The summed E-state index contributed by atoms with van der Waals surface area (Å²) >= 11 is 0. The third kappa shape index (κ3) is 2.68. The molecule has 0 radical (unpaired) electrons. The van der Waals surface area contributed by atoms with Gasteiger partial charge in [-0.05, 0) is 47.4 Å². The molecule has 94 valence electrons. The summed E-state index contributed by atoms with van der Waals surface area (Å²) in [5.41, 5.74) is 2.41. The van der Waals surface area contributed by atoms with Crippen LogP contribution in [0.4, 0.5) is 4.39 Å². The van der Waals surface area contributed by atoms with Crippen LogP contribution in [-0.4, -0.2) is 18.8 Å². The molecule has 0 saturated carbocycles. The van der Waals surface area contributed by atoms with Gasteiger partial charge in [0.15, 0.2) is 0 Å². The van der Waals surface area contributed by atoms with Gasteiger partial charge in [0.05, 0.1) is 7.11 Å². The number of aliphatic hydroxyl groups is 1. The number of hydrogen-bond acceptors (Lipinski definition) is 2. The van der Waals surface area contributed by atoms with E-state index in [-0.39, 0.29) is 12.4 Å². The molecule has 0 amide bonds. The SMILES string of the molecule is COc1cccc(-c2ccc(F)c(CCO)c2)c1. The van der Waals surface area contributed by atoms with E-state index >= 15 is 0 Å². The lowest BCUT2D eigenvalue weighted by atomic mass is 10.0. The Morgan fingerprint density at radius 1 is 1.11 bits per heavy atom. The van der Waals surface area contributed by atoms with Crippen molar-refractivity contribution in [3.8, 4) is 16.9 Å². The maximum atomic E-state index is 13.5. The first-order chi connectivity index (χ1) is 8.74. The molecule has 0 unspecified atom stereocenters. The van der Waals surface area contributed by atoms with E-state index < -0.39 is 0 Å². The highest BCUT2D eigenvalue weighted by molar-refractivity contribution is 5.65. The van der Waals surface area contributed by atoms with E-state index in [1.165, 1.54) is 6.07 Å². The summed E-state index contributed by atoms with van der Waals surface area (Å²) < 4.78 is 18.6. The van der Waals surface area contributed by atoms with Gasteiger partial charge in [-0.3, -0.25) is 0 Å². The van der Waals surface area contributed by atoms with Gasteiger partial charge in [-0.2, -0.15) is 0 Å². The average Bonchev–Trinajstić information content (AvgIpc) is 2.41. The molecular formula is C15H15FO2. The zero-order chi connectivity index (χ0) is 13.0. The molecule has 1 N–H and O–H groups in total. The maximum Gasteiger partial charge on any atom is 0.126 e. The normalized spacial score (nSPS) is 10.4. The van der Waals surface area contributed by atoms with Crippen LogP contribution < -0.4 is 4.74 Å². The quantitative estimate of drug-likeness (QED) is 0.898. The topological polar surface area (TPSA) is 29.5 Å². The molecule has 2 rings (SSSR count). The third-order valence-corrected chi connectivity index (χ3v) is 2.83. The second kappa shape index (κ2) is 5.65. The Kier molecular flexibility index (Phi) is 3.95.